The normalized spacial score (nSPS) is 11.6. The fourth-order valence-corrected chi connectivity index (χ4v) is 2.88. The van der Waals surface area contributed by atoms with E-state index in [4.69, 9.17) is 5.84 Å². The summed E-state index contributed by atoms with van der Waals surface area (Å²) < 4.78 is 13.5. The van der Waals surface area contributed by atoms with Crippen molar-refractivity contribution in [2.24, 2.45) is 5.84 Å². The number of aryl methyl sites for hydroxylation is 1. The molecule has 0 saturated carbocycles. The Morgan fingerprint density at radius 2 is 1.86 bits per heavy atom. The standard InChI is InChI=1S/C23H28FN3O/c1-5-26-23(28)19-10-12-21(13-11-19)27(25)22(17(4)16(2)3)14-9-18-7-6-8-20(24)15-18/h6-8,10-13,15H,2,5,9,14,25H2,1,3-4H3,(H,26,28)/b22-17+. The van der Waals surface area contributed by atoms with Crippen LogP contribution in [0.4, 0.5) is 10.1 Å². The van der Waals surface area contributed by atoms with Gasteiger partial charge in [-0.05, 0) is 81.1 Å². The lowest BCUT2D eigenvalue weighted by Crippen LogP contribution is -2.31. The van der Waals surface area contributed by atoms with Gasteiger partial charge in [-0.15, -0.1) is 0 Å². The van der Waals surface area contributed by atoms with Crippen LogP contribution in [0, 0.1) is 5.82 Å². The van der Waals surface area contributed by atoms with Crippen LogP contribution in [-0.4, -0.2) is 12.5 Å². The Bertz CT molecular complexity index is 872. The number of allylic oxidation sites excluding steroid dienone is 3. The molecule has 28 heavy (non-hydrogen) atoms. The lowest BCUT2D eigenvalue weighted by atomic mass is 10.0. The highest BCUT2D eigenvalue weighted by Crippen LogP contribution is 2.25. The van der Waals surface area contributed by atoms with Crippen molar-refractivity contribution < 1.29 is 9.18 Å². The molecule has 2 rings (SSSR count). The van der Waals surface area contributed by atoms with E-state index in [1.807, 2.05) is 39.0 Å². The molecular formula is C23H28FN3O. The van der Waals surface area contributed by atoms with E-state index in [2.05, 4.69) is 11.9 Å². The largest absolute Gasteiger partial charge is 0.352 e. The molecule has 0 aliphatic rings. The summed E-state index contributed by atoms with van der Waals surface area (Å²) in [6, 6.07) is 13.7. The van der Waals surface area contributed by atoms with Crippen molar-refractivity contribution >= 4 is 11.6 Å². The summed E-state index contributed by atoms with van der Waals surface area (Å²) in [4.78, 5) is 11.9. The van der Waals surface area contributed by atoms with Crippen molar-refractivity contribution in [2.75, 3.05) is 11.6 Å². The first-order valence-corrected chi connectivity index (χ1v) is 9.36. The molecule has 0 heterocycles. The number of rotatable bonds is 8. The number of nitrogens with two attached hydrogens (primary N) is 1. The molecular weight excluding hydrogens is 353 g/mol. The molecule has 0 bridgehead atoms. The number of hydrogen-bond donors (Lipinski definition) is 2. The molecule has 0 aliphatic heterocycles. The van der Waals surface area contributed by atoms with Gasteiger partial charge >= 0.3 is 0 Å². The summed E-state index contributed by atoms with van der Waals surface area (Å²) in [5.41, 5.74) is 5.08. The van der Waals surface area contributed by atoms with E-state index in [-0.39, 0.29) is 11.7 Å². The second kappa shape index (κ2) is 9.85. The first-order chi connectivity index (χ1) is 13.3. The third-order valence-electron chi connectivity index (χ3n) is 4.65. The minimum atomic E-state index is -0.245. The van der Waals surface area contributed by atoms with Crippen LogP contribution in [0.1, 0.15) is 43.1 Å². The Kier molecular flexibility index (Phi) is 7.52. The van der Waals surface area contributed by atoms with E-state index < -0.39 is 0 Å². The summed E-state index contributed by atoms with van der Waals surface area (Å²) in [5, 5.41) is 4.39. The van der Waals surface area contributed by atoms with Gasteiger partial charge < -0.3 is 5.32 Å². The number of carbonyl (C=O) groups excluding carboxylic acids is 1. The predicted molar refractivity (Wildman–Crippen MR) is 113 cm³/mol. The van der Waals surface area contributed by atoms with Gasteiger partial charge in [0.05, 0.1) is 5.69 Å². The van der Waals surface area contributed by atoms with E-state index in [1.165, 1.54) is 12.1 Å². The molecule has 0 saturated heterocycles. The highest BCUT2D eigenvalue weighted by atomic mass is 19.1. The minimum absolute atomic E-state index is 0.113. The monoisotopic (exact) mass is 381 g/mol. The van der Waals surface area contributed by atoms with Gasteiger partial charge in [0, 0.05) is 17.8 Å². The summed E-state index contributed by atoms with van der Waals surface area (Å²) >= 11 is 0. The highest BCUT2D eigenvalue weighted by Gasteiger charge is 2.14. The van der Waals surface area contributed by atoms with E-state index in [1.54, 1.807) is 23.2 Å². The molecule has 148 valence electrons. The molecule has 0 aliphatic carbocycles. The molecule has 2 aromatic rings. The summed E-state index contributed by atoms with van der Waals surface area (Å²) in [6.07, 6.45) is 1.29. The van der Waals surface area contributed by atoms with Crippen LogP contribution in [0.25, 0.3) is 0 Å². The molecule has 2 aromatic carbocycles. The van der Waals surface area contributed by atoms with Crippen LogP contribution >= 0.6 is 0 Å². The average molecular weight is 381 g/mol. The third-order valence-corrected chi connectivity index (χ3v) is 4.65. The summed E-state index contributed by atoms with van der Waals surface area (Å²) in [6.45, 7) is 10.4. The smallest absolute Gasteiger partial charge is 0.251 e. The number of hydrazine groups is 1. The van der Waals surface area contributed by atoms with Gasteiger partial charge in [-0.3, -0.25) is 9.80 Å². The van der Waals surface area contributed by atoms with Crippen LogP contribution in [0.3, 0.4) is 0 Å². The molecule has 0 unspecified atom stereocenters. The Morgan fingerprint density at radius 1 is 1.18 bits per heavy atom. The second-order valence-corrected chi connectivity index (χ2v) is 6.76. The first kappa shape index (κ1) is 21.4. The average Bonchev–Trinajstić information content (AvgIpc) is 2.68. The Morgan fingerprint density at radius 3 is 2.43 bits per heavy atom. The second-order valence-electron chi connectivity index (χ2n) is 6.76. The molecule has 1 amide bonds. The summed E-state index contributed by atoms with van der Waals surface area (Å²) in [7, 11) is 0. The zero-order valence-electron chi connectivity index (χ0n) is 16.8. The number of amides is 1. The van der Waals surface area contributed by atoms with E-state index in [0.717, 1.165) is 28.1 Å². The van der Waals surface area contributed by atoms with Gasteiger partial charge in [-0.25, -0.2) is 10.2 Å². The van der Waals surface area contributed by atoms with Gasteiger partial charge in [0.2, 0.25) is 0 Å². The topological polar surface area (TPSA) is 58.4 Å². The van der Waals surface area contributed by atoms with Crippen LogP contribution in [0.2, 0.25) is 0 Å². The van der Waals surface area contributed by atoms with Crippen LogP contribution in [0.15, 0.2) is 72.0 Å². The zero-order valence-corrected chi connectivity index (χ0v) is 16.8. The van der Waals surface area contributed by atoms with Crippen molar-refractivity contribution in [1.29, 1.82) is 0 Å². The van der Waals surface area contributed by atoms with Gasteiger partial charge in [0.15, 0.2) is 0 Å². The van der Waals surface area contributed by atoms with Crippen molar-refractivity contribution in [3.8, 4) is 0 Å². The Balaban J connectivity index is 2.24. The molecule has 0 aromatic heterocycles. The molecule has 0 spiro atoms. The van der Waals surface area contributed by atoms with Crippen molar-refractivity contribution in [3.05, 3.63) is 88.9 Å². The highest BCUT2D eigenvalue weighted by molar-refractivity contribution is 5.94. The van der Waals surface area contributed by atoms with E-state index in [9.17, 15) is 9.18 Å². The number of carbonyl (C=O) groups is 1. The number of halogens is 1. The summed E-state index contributed by atoms with van der Waals surface area (Å²) in [5.74, 6) is 6.06. The third kappa shape index (κ3) is 5.54. The van der Waals surface area contributed by atoms with Crippen LogP contribution < -0.4 is 16.2 Å². The van der Waals surface area contributed by atoms with Gasteiger partial charge in [-0.1, -0.05) is 24.3 Å². The molecule has 3 N–H and O–H groups in total. The molecule has 4 nitrogen and oxygen atoms in total. The van der Waals surface area contributed by atoms with Crippen LogP contribution in [-0.2, 0) is 6.42 Å². The van der Waals surface area contributed by atoms with Crippen LogP contribution in [0.5, 0.6) is 0 Å². The maximum absolute atomic E-state index is 13.5. The first-order valence-electron chi connectivity index (χ1n) is 9.36. The number of benzene rings is 2. The minimum Gasteiger partial charge on any atom is -0.352 e. The van der Waals surface area contributed by atoms with Gasteiger partial charge in [0.25, 0.3) is 5.91 Å². The molecule has 0 radical (unpaired) electrons. The zero-order chi connectivity index (χ0) is 20.7. The van der Waals surface area contributed by atoms with E-state index >= 15 is 0 Å². The molecule has 5 heteroatoms. The van der Waals surface area contributed by atoms with Gasteiger partial charge in [0.1, 0.15) is 5.82 Å². The fourth-order valence-electron chi connectivity index (χ4n) is 2.88. The number of hydrogen-bond acceptors (Lipinski definition) is 3. The predicted octanol–water partition coefficient (Wildman–Crippen LogP) is 4.74. The lowest BCUT2D eigenvalue weighted by molar-refractivity contribution is 0.0956. The number of nitrogens with zero attached hydrogens (tertiary/aromatic N) is 1. The van der Waals surface area contributed by atoms with Crippen molar-refractivity contribution in [1.82, 2.24) is 5.32 Å². The van der Waals surface area contributed by atoms with Crippen molar-refractivity contribution in [2.45, 2.75) is 33.6 Å². The molecule has 0 atom stereocenters. The van der Waals surface area contributed by atoms with Gasteiger partial charge in [-0.2, -0.15) is 0 Å². The Labute approximate surface area is 166 Å². The van der Waals surface area contributed by atoms with E-state index in [0.29, 0.717) is 24.9 Å². The number of nitrogens with one attached hydrogen (secondary N) is 1. The Hall–Kier alpha value is -2.92. The molecule has 0 fully saturated rings. The fraction of sp³-hybridized carbons (Fsp3) is 0.261. The van der Waals surface area contributed by atoms with Crippen molar-refractivity contribution in [3.63, 3.8) is 0 Å². The maximum atomic E-state index is 13.5. The number of anilines is 1. The lowest BCUT2D eigenvalue weighted by Gasteiger charge is -2.25. The maximum Gasteiger partial charge on any atom is 0.251 e. The SMILES string of the molecule is C=C(C)/C(C)=C(\CCc1cccc(F)c1)N(N)c1ccc(C(=O)NCC)cc1. The quantitative estimate of drug-likeness (QED) is 0.394.